The minimum Gasteiger partial charge on any atom is -0.496 e. The fourth-order valence-corrected chi connectivity index (χ4v) is 3.30. The lowest BCUT2D eigenvalue weighted by atomic mass is 10.1. The van der Waals surface area contributed by atoms with Gasteiger partial charge in [0, 0.05) is 23.3 Å². The van der Waals surface area contributed by atoms with Crippen molar-refractivity contribution in [2.24, 2.45) is 0 Å². The van der Waals surface area contributed by atoms with Crippen molar-refractivity contribution in [3.8, 4) is 23.3 Å². The van der Waals surface area contributed by atoms with E-state index in [0.29, 0.717) is 24.8 Å². The zero-order valence-corrected chi connectivity index (χ0v) is 18.2. The first-order chi connectivity index (χ1) is 15.0. The number of para-hydroxylation sites is 2. The second-order valence-corrected chi connectivity index (χ2v) is 7.03. The summed E-state index contributed by atoms with van der Waals surface area (Å²) in [6.07, 6.45) is -0.264. The van der Waals surface area contributed by atoms with Gasteiger partial charge in [0.1, 0.15) is 17.6 Å². The Labute approximate surface area is 182 Å². The van der Waals surface area contributed by atoms with Gasteiger partial charge in [-0.15, -0.1) is 0 Å². The monoisotopic (exact) mass is 424 g/mol. The summed E-state index contributed by atoms with van der Waals surface area (Å²) in [4.78, 5) is 4.03. The molecule has 0 saturated heterocycles. The first kappa shape index (κ1) is 22.4. The maximum absolute atomic E-state index is 10.0. The van der Waals surface area contributed by atoms with Crippen molar-refractivity contribution in [2.75, 3.05) is 27.9 Å². The second-order valence-electron chi connectivity index (χ2n) is 7.03. The van der Waals surface area contributed by atoms with Crippen LogP contribution in [0.3, 0.4) is 0 Å². The van der Waals surface area contributed by atoms with Crippen LogP contribution in [0.5, 0.6) is 23.3 Å². The lowest BCUT2D eigenvalue weighted by Gasteiger charge is -2.21. The first-order valence-corrected chi connectivity index (χ1v) is 9.92. The number of aromatic nitrogens is 1. The summed E-state index contributed by atoms with van der Waals surface area (Å²) in [7, 11) is 4.81. The summed E-state index contributed by atoms with van der Waals surface area (Å²) in [6.45, 7) is 2.82. The van der Waals surface area contributed by atoms with Crippen LogP contribution in [0.1, 0.15) is 22.8 Å². The number of hydrogen-bond donors (Lipinski definition) is 1. The summed E-state index contributed by atoms with van der Waals surface area (Å²) in [5.41, 5.74) is 2.99. The minimum atomic E-state index is -0.264. The number of hydroxylamine groups is 2. The fourth-order valence-electron chi connectivity index (χ4n) is 3.30. The van der Waals surface area contributed by atoms with Gasteiger partial charge in [-0.1, -0.05) is 36.4 Å². The topological polar surface area (TPSA) is 73.3 Å². The van der Waals surface area contributed by atoms with Gasteiger partial charge in [-0.2, -0.15) is 10.0 Å². The van der Waals surface area contributed by atoms with Crippen molar-refractivity contribution in [3.05, 3.63) is 77.4 Å². The van der Waals surface area contributed by atoms with Crippen LogP contribution in [0.25, 0.3) is 0 Å². The number of aryl methyl sites for hydroxylation is 1. The number of methoxy groups -OCH3 is 3. The van der Waals surface area contributed by atoms with E-state index in [9.17, 15) is 5.21 Å². The average Bonchev–Trinajstić information content (AvgIpc) is 2.96. The molecule has 1 atom stereocenters. The van der Waals surface area contributed by atoms with E-state index in [0.717, 1.165) is 28.2 Å². The highest BCUT2D eigenvalue weighted by atomic mass is 16.5. The number of benzene rings is 2. The number of fused-ring (bicyclic) bond motifs is 1. The molecule has 7 heteroatoms. The third-order valence-electron chi connectivity index (χ3n) is 4.80. The van der Waals surface area contributed by atoms with Crippen LogP contribution in [0.4, 0.5) is 0 Å². The highest BCUT2D eigenvalue weighted by Crippen LogP contribution is 2.34. The first-order valence-electron chi connectivity index (χ1n) is 9.92. The van der Waals surface area contributed by atoms with E-state index in [1.54, 1.807) is 21.3 Å². The lowest BCUT2D eigenvalue weighted by Crippen LogP contribution is -2.25. The molecule has 2 heterocycles. The van der Waals surface area contributed by atoms with Crippen molar-refractivity contribution < 1.29 is 24.2 Å². The summed E-state index contributed by atoms with van der Waals surface area (Å²) in [6, 6.07) is 19.2. The molecular formula is C24H28N2O5. The Balaban J connectivity index is 0.000000210. The molecule has 1 N–H and O–H groups in total. The molecule has 4 rings (SSSR count). The summed E-state index contributed by atoms with van der Waals surface area (Å²) >= 11 is 0. The maximum Gasteiger partial charge on any atom is 0.216 e. The Bertz CT molecular complexity index is 973. The largest absolute Gasteiger partial charge is 0.496 e. The highest BCUT2D eigenvalue weighted by Gasteiger charge is 2.25. The molecule has 1 unspecified atom stereocenters. The van der Waals surface area contributed by atoms with Gasteiger partial charge in [-0.3, -0.25) is 0 Å². The van der Waals surface area contributed by atoms with Gasteiger partial charge in [0.05, 0.1) is 34.4 Å². The van der Waals surface area contributed by atoms with Crippen molar-refractivity contribution in [2.45, 2.75) is 19.6 Å². The minimum absolute atomic E-state index is 0.264. The quantitative estimate of drug-likeness (QED) is 0.664. The summed E-state index contributed by atoms with van der Waals surface area (Å²) in [5, 5.41) is 11.3. The number of hydrogen-bond acceptors (Lipinski definition) is 7. The molecule has 1 aliphatic heterocycles. The Kier molecular flexibility index (Phi) is 7.70. The highest BCUT2D eigenvalue weighted by molar-refractivity contribution is 5.39. The van der Waals surface area contributed by atoms with Gasteiger partial charge in [0.15, 0.2) is 0 Å². The van der Waals surface area contributed by atoms with Crippen molar-refractivity contribution in [1.29, 1.82) is 0 Å². The molecule has 3 aromatic rings. The second kappa shape index (κ2) is 10.7. The Morgan fingerprint density at radius 1 is 0.935 bits per heavy atom. The van der Waals surface area contributed by atoms with Crippen molar-refractivity contribution in [1.82, 2.24) is 10.0 Å². The summed E-state index contributed by atoms with van der Waals surface area (Å²) in [5.74, 6) is 2.74. The van der Waals surface area contributed by atoms with Gasteiger partial charge in [0.2, 0.25) is 11.8 Å². The molecule has 0 amide bonds. The molecule has 1 aromatic heterocycles. The van der Waals surface area contributed by atoms with Crippen LogP contribution in [0, 0.1) is 6.92 Å². The smallest absolute Gasteiger partial charge is 0.216 e. The molecule has 2 aromatic carbocycles. The van der Waals surface area contributed by atoms with Crippen molar-refractivity contribution >= 4 is 0 Å². The molecule has 0 aliphatic carbocycles. The van der Waals surface area contributed by atoms with Crippen LogP contribution >= 0.6 is 0 Å². The van der Waals surface area contributed by atoms with E-state index in [1.165, 1.54) is 5.06 Å². The number of rotatable bonds is 4. The third kappa shape index (κ3) is 5.87. The maximum atomic E-state index is 10.0. The van der Waals surface area contributed by atoms with Gasteiger partial charge < -0.3 is 24.2 Å². The molecule has 0 spiro atoms. The third-order valence-corrected chi connectivity index (χ3v) is 4.80. The van der Waals surface area contributed by atoms with Gasteiger partial charge >= 0.3 is 0 Å². The van der Waals surface area contributed by atoms with Gasteiger partial charge in [-0.25, -0.2) is 0 Å². The zero-order chi connectivity index (χ0) is 22.2. The molecule has 0 saturated carbocycles. The number of pyridine rings is 1. The van der Waals surface area contributed by atoms with E-state index in [4.69, 9.17) is 18.9 Å². The normalized spacial score (nSPS) is 15.5. The predicted octanol–water partition coefficient (Wildman–Crippen LogP) is 4.43. The van der Waals surface area contributed by atoms with Crippen LogP contribution in [-0.2, 0) is 6.54 Å². The Morgan fingerprint density at radius 3 is 2.26 bits per heavy atom. The van der Waals surface area contributed by atoms with E-state index in [-0.39, 0.29) is 6.10 Å². The van der Waals surface area contributed by atoms with Gasteiger partial charge in [-0.05, 0) is 24.6 Å². The molecule has 0 bridgehead atoms. The van der Waals surface area contributed by atoms with Crippen LogP contribution in [-0.4, -0.2) is 43.1 Å². The fraction of sp³-hybridized carbons (Fsp3) is 0.292. The Morgan fingerprint density at radius 2 is 1.58 bits per heavy atom. The number of nitrogens with zero attached hydrogens (tertiary/aromatic N) is 2. The molecule has 31 heavy (non-hydrogen) atoms. The lowest BCUT2D eigenvalue weighted by molar-refractivity contribution is -0.112. The van der Waals surface area contributed by atoms with Crippen molar-refractivity contribution in [3.63, 3.8) is 0 Å². The van der Waals surface area contributed by atoms with E-state index in [1.807, 2.05) is 67.6 Å². The van der Waals surface area contributed by atoms with E-state index >= 15 is 0 Å². The van der Waals surface area contributed by atoms with E-state index in [2.05, 4.69) is 4.98 Å². The Hall–Kier alpha value is -3.29. The van der Waals surface area contributed by atoms with Crippen LogP contribution in [0.15, 0.2) is 60.7 Å². The SMILES string of the molecule is COc1cc(C)cc(OC)n1.COc1ccccc1C1CN(O)Cc2ccccc2O1. The molecule has 164 valence electrons. The summed E-state index contributed by atoms with van der Waals surface area (Å²) < 4.78 is 21.3. The molecule has 7 nitrogen and oxygen atoms in total. The number of ether oxygens (including phenoxy) is 4. The molecular weight excluding hydrogens is 396 g/mol. The standard InChI is InChI=1S/C16H17NO3.C8H11NO2/c1-19-15-9-5-3-7-13(15)16-11-17(18)10-12-6-2-4-8-14(12)20-16;1-6-4-7(10-2)9-8(5-6)11-3/h2-9,16,18H,10-11H2,1H3;4-5H,1-3H3. The molecule has 0 radical (unpaired) electrons. The molecule has 0 fully saturated rings. The van der Waals surface area contributed by atoms with Gasteiger partial charge in [0.25, 0.3) is 0 Å². The van der Waals surface area contributed by atoms with Crippen LogP contribution < -0.4 is 18.9 Å². The predicted molar refractivity (Wildman–Crippen MR) is 117 cm³/mol. The van der Waals surface area contributed by atoms with E-state index < -0.39 is 0 Å². The average molecular weight is 424 g/mol. The zero-order valence-electron chi connectivity index (χ0n) is 18.2. The van der Waals surface area contributed by atoms with Crippen LogP contribution in [0.2, 0.25) is 0 Å². The molecule has 1 aliphatic rings.